The number of nitrogens with zero attached hydrogens (tertiary/aromatic N) is 6. The summed E-state index contributed by atoms with van der Waals surface area (Å²) < 4.78 is 1.95. The second-order valence-electron chi connectivity index (χ2n) is 6.90. The van der Waals surface area contributed by atoms with Crippen LogP contribution in [0.15, 0.2) is 36.5 Å². The minimum absolute atomic E-state index is 0.203. The zero-order chi connectivity index (χ0) is 19.4. The van der Waals surface area contributed by atoms with E-state index >= 15 is 0 Å². The highest BCUT2D eigenvalue weighted by molar-refractivity contribution is 5.93. The molecule has 142 valence electrons. The molecule has 2 heterocycles. The third-order valence-electron chi connectivity index (χ3n) is 4.27. The number of amides is 1. The van der Waals surface area contributed by atoms with Gasteiger partial charge in [-0.15, -0.1) is 10.2 Å². The first kappa shape index (κ1) is 18.8. The monoisotopic (exact) mass is 367 g/mol. The second kappa shape index (κ2) is 8.11. The van der Waals surface area contributed by atoms with E-state index in [1.807, 2.05) is 35.0 Å². The highest BCUT2D eigenvalue weighted by Crippen LogP contribution is 2.19. The highest BCUT2D eigenvalue weighted by Gasteiger charge is 2.21. The molecule has 1 amide bonds. The molecule has 0 fully saturated rings. The van der Waals surface area contributed by atoms with E-state index in [0.29, 0.717) is 11.7 Å². The topological polar surface area (TPSA) is 90.5 Å². The van der Waals surface area contributed by atoms with Crippen molar-refractivity contribution in [3.63, 3.8) is 0 Å². The summed E-state index contributed by atoms with van der Waals surface area (Å²) >= 11 is 0. The maximum atomic E-state index is 12.7. The van der Waals surface area contributed by atoms with E-state index < -0.39 is 6.04 Å². The summed E-state index contributed by atoms with van der Waals surface area (Å²) in [5.41, 5.74) is 2.61. The van der Waals surface area contributed by atoms with Crippen molar-refractivity contribution in [2.75, 3.05) is 5.32 Å². The van der Waals surface area contributed by atoms with Crippen LogP contribution in [0.2, 0.25) is 0 Å². The zero-order valence-electron chi connectivity index (χ0n) is 16.1. The average molecular weight is 367 g/mol. The van der Waals surface area contributed by atoms with Crippen LogP contribution in [0.4, 0.5) is 5.69 Å². The van der Waals surface area contributed by atoms with E-state index in [2.05, 4.69) is 46.6 Å². The predicted molar refractivity (Wildman–Crippen MR) is 103 cm³/mol. The first-order valence-corrected chi connectivity index (χ1v) is 9.20. The third-order valence-corrected chi connectivity index (χ3v) is 4.27. The van der Waals surface area contributed by atoms with Gasteiger partial charge in [0.2, 0.25) is 5.82 Å². The molecule has 8 heteroatoms. The van der Waals surface area contributed by atoms with Crippen molar-refractivity contribution in [2.45, 2.75) is 46.7 Å². The summed E-state index contributed by atoms with van der Waals surface area (Å²) in [6.45, 7) is 8.90. The summed E-state index contributed by atoms with van der Waals surface area (Å²) in [5.74, 6) is 0.772. The van der Waals surface area contributed by atoms with Gasteiger partial charge in [0, 0.05) is 12.1 Å². The first-order chi connectivity index (χ1) is 13.0. The minimum Gasteiger partial charge on any atom is -0.321 e. The second-order valence-corrected chi connectivity index (χ2v) is 6.90. The Morgan fingerprint density at radius 3 is 2.59 bits per heavy atom. The number of anilines is 1. The van der Waals surface area contributed by atoms with Gasteiger partial charge in [0.1, 0.15) is 6.04 Å². The Balaban J connectivity index is 1.73. The van der Waals surface area contributed by atoms with Crippen molar-refractivity contribution in [1.82, 2.24) is 30.0 Å². The van der Waals surface area contributed by atoms with Gasteiger partial charge in [-0.1, -0.05) is 51.1 Å². The van der Waals surface area contributed by atoms with Crippen molar-refractivity contribution in [3.8, 4) is 11.4 Å². The Hall–Kier alpha value is -3.03. The van der Waals surface area contributed by atoms with Gasteiger partial charge in [0.15, 0.2) is 0 Å². The maximum absolute atomic E-state index is 12.7. The van der Waals surface area contributed by atoms with Crippen molar-refractivity contribution < 1.29 is 4.79 Å². The molecule has 0 radical (unpaired) electrons. The molecule has 1 N–H and O–H groups in total. The Morgan fingerprint density at radius 2 is 1.93 bits per heavy atom. The Morgan fingerprint density at radius 1 is 1.19 bits per heavy atom. The maximum Gasteiger partial charge on any atom is 0.250 e. The summed E-state index contributed by atoms with van der Waals surface area (Å²) in [6.07, 6.45) is 2.49. The number of tetrazole rings is 1. The molecule has 0 saturated carbocycles. The molecule has 0 spiro atoms. The molecule has 3 rings (SSSR count). The number of benzene rings is 1. The lowest BCUT2D eigenvalue weighted by molar-refractivity contribution is -0.119. The van der Waals surface area contributed by atoms with Crippen LogP contribution in [-0.4, -0.2) is 35.9 Å². The number of nitrogens with one attached hydrogen (secondary N) is 1. The molecule has 0 aliphatic rings. The lowest BCUT2D eigenvalue weighted by Gasteiger charge is -2.12. The molecular formula is C19H25N7O. The van der Waals surface area contributed by atoms with Gasteiger partial charge in [-0.3, -0.25) is 9.48 Å². The molecule has 0 unspecified atom stereocenters. The SMILES string of the molecule is CCc1c(NC(=O)[C@H](C)n2nnc(-c3ccccc3)n2)cnn1CC(C)C. The summed E-state index contributed by atoms with van der Waals surface area (Å²) in [6, 6.07) is 8.97. The van der Waals surface area contributed by atoms with E-state index in [0.717, 1.165) is 29.9 Å². The van der Waals surface area contributed by atoms with Crippen molar-refractivity contribution in [3.05, 3.63) is 42.2 Å². The highest BCUT2D eigenvalue weighted by atomic mass is 16.2. The fourth-order valence-corrected chi connectivity index (χ4v) is 2.83. The molecule has 0 bridgehead atoms. The van der Waals surface area contributed by atoms with Gasteiger partial charge in [-0.25, -0.2) is 0 Å². The third kappa shape index (κ3) is 4.21. The number of aromatic nitrogens is 6. The van der Waals surface area contributed by atoms with Crippen LogP contribution in [0.5, 0.6) is 0 Å². The molecule has 0 aliphatic heterocycles. The summed E-state index contributed by atoms with van der Waals surface area (Å²) in [7, 11) is 0. The number of rotatable bonds is 7. The quantitative estimate of drug-likeness (QED) is 0.693. The van der Waals surface area contributed by atoms with Crippen LogP contribution in [0.3, 0.4) is 0 Å². The van der Waals surface area contributed by atoms with Gasteiger partial charge in [-0.2, -0.15) is 9.90 Å². The van der Waals surface area contributed by atoms with Crippen LogP contribution in [0.25, 0.3) is 11.4 Å². The molecule has 0 aliphatic carbocycles. The van der Waals surface area contributed by atoms with Crippen molar-refractivity contribution in [1.29, 1.82) is 0 Å². The Labute approximate surface area is 158 Å². The van der Waals surface area contributed by atoms with E-state index in [9.17, 15) is 4.79 Å². The zero-order valence-corrected chi connectivity index (χ0v) is 16.1. The van der Waals surface area contributed by atoms with Crippen LogP contribution in [0, 0.1) is 5.92 Å². The lowest BCUT2D eigenvalue weighted by Crippen LogP contribution is -2.26. The van der Waals surface area contributed by atoms with Gasteiger partial charge in [0.25, 0.3) is 5.91 Å². The molecule has 8 nitrogen and oxygen atoms in total. The lowest BCUT2D eigenvalue weighted by atomic mass is 10.2. The number of hydrogen-bond donors (Lipinski definition) is 1. The summed E-state index contributed by atoms with van der Waals surface area (Å²) in [5, 5.41) is 19.8. The number of carbonyl (C=O) groups excluding carboxylic acids is 1. The normalized spacial score (nSPS) is 12.3. The predicted octanol–water partition coefficient (Wildman–Crippen LogP) is 2.95. The molecule has 1 atom stereocenters. The molecular weight excluding hydrogens is 342 g/mol. The molecule has 2 aromatic heterocycles. The van der Waals surface area contributed by atoms with E-state index in [1.54, 1.807) is 13.1 Å². The van der Waals surface area contributed by atoms with Crippen LogP contribution < -0.4 is 5.32 Å². The number of hydrogen-bond acceptors (Lipinski definition) is 5. The van der Waals surface area contributed by atoms with Gasteiger partial charge >= 0.3 is 0 Å². The fraction of sp³-hybridized carbons (Fsp3) is 0.421. The molecule has 3 aromatic rings. The smallest absolute Gasteiger partial charge is 0.250 e. The molecule has 27 heavy (non-hydrogen) atoms. The van der Waals surface area contributed by atoms with Crippen LogP contribution >= 0.6 is 0 Å². The van der Waals surface area contributed by atoms with Crippen molar-refractivity contribution in [2.24, 2.45) is 5.92 Å². The fourth-order valence-electron chi connectivity index (χ4n) is 2.83. The Bertz CT molecular complexity index is 898. The van der Waals surface area contributed by atoms with Crippen LogP contribution in [-0.2, 0) is 17.8 Å². The first-order valence-electron chi connectivity index (χ1n) is 9.20. The number of carbonyl (C=O) groups is 1. The molecule has 1 aromatic carbocycles. The largest absolute Gasteiger partial charge is 0.321 e. The molecule has 0 saturated heterocycles. The summed E-state index contributed by atoms with van der Waals surface area (Å²) in [4.78, 5) is 14.0. The van der Waals surface area contributed by atoms with Gasteiger partial charge in [-0.05, 0) is 24.5 Å². The Kier molecular flexibility index (Phi) is 5.63. The van der Waals surface area contributed by atoms with Crippen molar-refractivity contribution >= 4 is 11.6 Å². The van der Waals surface area contributed by atoms with Gasteiger partial charge < -0.3 is 5.32 Å². The minimum atomic E-state index is -0.590. The van der Waals surface area contributed by atoms with E-state index in [-0.39, 0.29) is 5.91 Å². The average Bonchev–Trinajstić information content (AvgIpc) is 3.29. The standard InChI is InChI=1S/C19H25N7O/c1-5-17-16(11-20-25(17)12-13(2)3)21-19(27)14(4)26-23-18(22-24-26)15-9-7-6-8-10-15/h6-11,13-14H,5,12H2,1-4H3,(H,21,27)/t14-/m0/s1. The van der Waals surface area contributed by atoms with E-state index in [1.165, 1.54) is 4.80 Å². The van der Waals surface area contributed by atoms with E-state index in [4.69, 9.17) is 0 Å². The van der Waals surface area contributed by atoms with Gasteiger partial charge in [0.05, 0.1) is 17.6 Å². The van der Waals surface area contributed by atoms with Crippen LogP contribution in [0.1, 0.15) is 39.4 Å².